The van der Waals surface area contributed by atoms with Gasteiger partial charge in [0.2, 0.25) is 0 Å². The van der Waals surface area contributed by atoms with Gasteiger partial charge in [0, 0.05) is 18.2 Å². The first-order chi connectivity index (χ1) is 9.63. The summed E-state index contributed by atoms with van der Waals surface area (Å²) in [5.41, 5.74) is 1.04. The van der Waals surface area contributed by atoms with E-state index in [1.807, 2.05) is 18.2 Å². The zero-order valence-corrected chi connectivity index (χ0v) is 13.3. The fraction of sp³-hybridized carbons (Fsp3) is 0.625. The molecular weight excluding hydrogens is 274 g/mol. The molecule has 0 radical (unpaired) electrons. The average Bonchev–Trinajstić information content (AvgIpc) is 2.48. The van der Waals surface area contributed by atoms with Gasteiger partial charge in [0.05, 0.1) is 19.6 Å². The smallest absolute Gasteiger partial charge is 0.127 e. The Morgan fingerprint density at radius 3 is 2.55 bits per heavy atom. The second-order valence-electron chi connectivity index (χ2n) is 5.56. The van der Waals surface area contributed by atoms with Crippen molar-refractivity contribution in [2.24, 2.45) is 5.92 Å². The van der Waals surface area contributed by atoms with E-state index in [1.165, 1.54) is 12.8 Å². The number of piperidine rings is 1. The second kappa shape index (κ2) is 7.19. The fourth-order valence-corrected chi connectivity index (χ4v) is 3.02. The Morgan fingerprint density at radius 1 is 1.25 bits per heavy atom. The number of rotatable bonds is 5. The van der Waals surface area contributed by atoms with E-state index in [0.29, 0.717) is 0 Å². The van der Waals surface area contributed by atoms with Crippen molar-refractivity contribution in [3.63, 3.8) is 0 Å². The Morgan fingerprint density at radius 2 is 1.95 bits per heavy atom. The molecule has 1 aromatic rings. The van der Waals surface area contributed by atoms with Crippen molar-refractivity contribution in [3.05, 3.63) is 23.8 Å². The molecule has 1 unspecified atom stereocenters. The fourth-order valence-electron chi connectivity index (χ4n) is 2.65. The van der Waals surface area contributed by atoms with E-state index in [9.17, 15) is 0 Å². The van der Waals surface area contributed by atoms with Crippen LogP contribution in [0, 0.1) is 5.92 Å². The quantitative estimate of drug-likeness (QED) is 0.773. The van der Waals surface area contributed by atoms with E-state index in [1.54, 1.807) is 14.2 Å². The molecule has 0 aromatic heterocycles. The van der Waals surface area contributed by atoms with Crippen LogP contribution in [-0.2, 0) is 0 Å². The largest absolute Gasteiger partial charge is 0.497 e. The second-order valence-corrected chi connectivity index (χ2v) is 6.09. The summed E-state index contributed by atoms with van der Waals surface area (Å²) in [5, 5.41) is -0.0516. The zero-order chi connectivity index (χ0) is 14.5. The summed E-state index contributed by atoms with van der Waals surface area (Å²) < 4.78 is 10.7. The van der Waals surface area contributed by atoms with Gasteiger partial charge >= 0.3 is 0 Å². The highest BCUT2D eigenvalue weighted by Crippen LogP contribution is 2.34. The van der Waals surface area contributed by atoms with E-state index in [2.05, 4.69) is 11.8 Å². The molecular formula is C16H24ClNO2. The van der Waals surface area contributed by atoms with E-state index in [-0.39, 0.29) is 5.38 Å². The van der Waals surface area contributed by atoms with Crippen LogP contribution in [0.1, 0.15) is 30.7 Å². The summed E-state index contributed by atoms with van der Waals surface area (Å²) >= 11 is 6.59. The highest BCUT2D eigenvalue weighted by molar-refractivity contribution is 6.21. The van der Waals surface area contributed by atoms with Crippen molar-refractivity contribution in [2.45, 2.75) is 25.1 Å². The predicted molar refractivity (Wildman–Crippen MR) is 83.0 cm³/mol. The van der Waals surface area contributed by atoms with Crippen molar-refractivity contribution in [3.8, 4) is 11.5 Å². The number of alkyl halides is 1. The minimum atomic E-state index is -0.0516. The molecule has 1 aromatic carbocycles. The number of hydrogen-bond acceptors (Lipinski definition) is 3. The normalized spacial score (nSPS) is 18.8. The third-order valence-corrected chi connectivity index (χ3v) is 4.45. The molecule has 1 atom stereocenters. The Bertz CT molecular complexity index is 430. The summed E-state index contributed by atoms with van der Waals surface area (Å²) in [7, 11) is 3.33. The third-order valence-electron chi connectivity index (χ3n) is 4.07. The molecule has 2 rings (SSSR count). The van der Waals surface area contributed by atoms with Crippen LogP contribution in [0.25, 0.3) is 0 Å². The first-order valence-electron chi connectivity index (χ1n) is 7.22. The molecule has 20 heavy (non-hydrogen) atoms. The van der Waals surface area contributed by atoms with Gasteiger partial charge in [-0.2, -0.15) is 0 Å². The molecule has 1 saturated heterocycles. The minimum absolute atomic E-state index is 0.0516. The van der Waals surface area contributed by atoms with Crippen LogP contribution in [0.2, 0.25) is 0 Å². The van der Waals surface area contributed by atoms with Crippen molar-refractivity contribution in [1.82, 2.24) is 4.90 Å². The van der Waals surface area contributed by atoms with Gasteiger partial charge in [0.25, 0.3) is 0 Å². The van der Waals surface area contributed by atoms with Gasteiger partial charge in [-0.1, -0.05) is 13.0 Å². The molecule has 0 N–H and O–H groups in total. The Balaban J connectivity index is 2.03. The maximum Gasteiger partial charge on any atom is 0.127 e. The van der Waals surface area contributed by atoms with Gasteiger partial charge < -0.3 is 14.4 Å². The van der Waals surface area contributed by atoms with Gasteiger partial charge in [-0.05, 0) is 37.9 Å². The summed E-state index contributed by atoms with van der Waals surface area (Å²) in [6.07, 6.45) is 2.53. The molecule has 4 heteroatoms. The maximum atomic E-state index is 6.59. The molecule has 112 valence electrons. The number of nitrogens with zero attached hydrogens (tertiary/aromatic N) is 1. The Labute approximate surface area is 126 Å². The van der Waals surface area contributed by atoms with E-state index in [4.69, 9.17) is 21.1 Å². The third kappa shape index (κ3) is 3.80. The number of methoxy groups -OCH3 is 2. The summed E-state index contributed by atoms with van der Waals surface area (Å²) in [6.45, 7) is 5.48. The maximum absolute atomic E-state index is 6.59. The molecule has 3 nitrogen and oxygen atoms in total. The predicted octanol–water partition coefficient (Wildman–Crippen LogP) is 3.72. The van der Waals surface area contributed by atoms with Crippen molar-refractivity contribution < 1.29 is 9.47 Å². The zero-order valence-electron chi connectivity index (χ0n) is 12.6. The molecule has 1 fully saturated rings. The van der Waals surface area contributed by atoms with Crippen LogP contribution in [0.3, 0.4) is 0 Å². The molecule has 0 amide bonds. The van der Waals surface area contributed by atoms with Crippen molar-refractivity contribution >= 4 is 11.6 Å². The number of likely N-dealkylation sites (tertiary alicyclic amines) is 1. The van der Waals surface area contributed by atoms with Gasteiger partial charge in [-0.3, -0.25) is 0 Å². The lowest BCUT2D eigenvalue weighted by Gasteiger charge is -2.31. The number of ether oxygens (including phenoxy) is 2. The summed E-state index contributed by atoms with van der Waals surface area (Å²) in [6, 6.07) is 5.83. The van der Waals surface area contributed by atoms with Crippen LogP contribution < -0.4 is 9.47 Å². The SMILES string of the molecule is COc1ccc(C(Cl)CN2CCC(C)CC2)c(OC)c1. The molecule has 0 bridgehead atoms. The molecule has 1 aliphatic heterocycles. The topological polar surface area (TPSA) is 21.7 Å². The van der Waals surface area contributed by atoms with Gasteiger partial charge in [-0.25, -0.2) is 0 Å². The van der Waals surface area contributed by atoms with Crippen molar-refractivity contribution in [2.75, 3.05) is 33.9 Å². The van der Waals surface area contributed by atoms with E-state index in [0.717, 1.165) is 42.6 Å². The summed E-state index contributed by atoms with van der Waals surface area (Å²) in [5.74, 6) is 2.44. The molecule has 0 aliphatic carbocycles. The monoisotopic (exact) mass is 297 g/mol. The van der Waals surface area contributed by atoms with Gasteiger partial charge in [0.15, 0.2) is 0 Å². The molecule has 0 spiro atoms. The van der Waals surface area contributed by atoms with Gasteiger partial charge in [-0.15, -0.1) is 11.6 Å². The van der Waals surface area contributed by atoms with E-state index < -0.39 is 0 Å². The van der Waals surface area contributed by atoms with Crippen LogP contribution >= 0.6 is 11.6 Å². The number of hydrogen-bond donors (Lipinski definition) is 0. The molecule has 1 heterocycles. The first kappa shape index (κ1) is 15.5. The standard InChI is InChI=1S/C16H24ClNO2/c1-12-6-8-18(9-7-12)11-15(17)14-5-4-13(19-2)10-16(14)20-3/h4-5,10,12,15H,6-9,11H2,1-3H3. The van der Waals surface area contributed by atoms with Gasteiger partial charge in [0.1, 0.15) is 11.5 Å². The Hall–Kier alpha value is -0.930. The summed E-state index contributed by atoms with van der Waals surface area (Å²) in [4.78, 5) is 2.45. The first-order valence-corrected chi connectivity index (χ1v) is 7.66. The van der Waals surface area contributed by atoms with Crippen LogP contribution in [-0.4, -0.2) is 38.8 Å². The lowest BCUT2D eigenvalue weighted by Crippen LogP contribution is -2.35. The Kier molecular flexibility index (Phi) is 5.55. The highest BCUT2D eigenvalue weighted by Gasteiger charge is 2.21. The lowest BCUT2D eigenvalue weighted by molar-refractivity contribution is 0.192. The highest BCUT2D eigenvalue weighted by atomic mass is 35.5. The van der Waals surface area contributed by atoms with Crippen LogP contribution in [0.5, 0.6) is 11.5 Å². The van der Waals surface area contributed by atoms with E-state index >= 15 is 0 Å². The number of halogens is 1. The van der Waals surface area contributed by atoms with Crippen LogP contribution in [0.15, 0.2) is 18.2 Å². The molecule has 0 saturated carbocycles. The average molecular weight is 298 g/mol. The lowest BCUT2D eigenvalue weighted by atomic mass is 9.99. The van der Waals surface area contributed by atoms with Crippen LogP contribution in [0.4, 0.5) is 0 Å². The minimum Gasteiger partial charge on any atom is -0.497 e. The number of benzene rings is 1. The molecule has 1 aliphatic rings. The van der Waals surface area contributed by atoms with Crippen molar-refractivity contribution in [1.29, 1.82) is 0 Å².